The molecule has 2 aromatic rings. The quantitative estimate of drug-likeness (QED) is 0.874. The molecule has 1 amide bonds. The van der Waals surface area contributed by atoms with Crippen molar-refractivity contribution in [3.8, 4) is 0 Å². The Morgan fingerprint density at radius 3 is 2.67 bits per heavy atom. The van der Waals surface area contributed by atoms with E-state index in [2.05, 4.69) is 43.1 Å². The Bertz CT molecular complexity index is 696. The topological polar surface area (TPSA) is 48.5 Å². The molecule has 1 aliphatic heterocycles. The number of anilines is 2. The van der Waals surface area contributed by atoms with E-state index >= 15 is 0 Å². The molecule has 24 heavy (non-hydrogen) atoms. The van der Waals surface area contributed by atoms with E-state index in [1.165, 1.54) is 0 Å². The van der Waals surface area contributed by atoms with Crippen LogP contribution in [0.15, 0.2) is 47.1 Å². The number of hydrogen-bond donors (Lipinski definition) is 1. The van der Waals surface area contributed by atoms with Crippen LogP contribution in [0.25, 0.3) is 0 Å². The molecule has 0 bridgehead atoms. The predicted molar refractivity (Wildman–Crippen MR) is 100 cm³/mol. The lowest BCUT2D eigenvalue weighted by molar-refractivity contribution is -0.115. The molecule has 0 unspecified atom stereocenters. The number of nitrogens with one attached hydrogen (secondary N) is 1. The third-order valence-electron chi connectivity index (χ3n) is 4.11. The first-order valence-electron chi connectivity index (χ1n) is 8.04. The van der Waals surface area contributed by atoms with Crippen molar-refractivity contribution < 1.29 is 4.79 Å². The zero-order valence-corrected chi connectivity index (χ0v) is 15.3. The number of halogens is 1. The third kappa shape index (κ3) is 4.55. The second-order valence-electron chi connectivity index (χ2n) is 6.05. The summed E-state index contributed by atoms with van der Waals surface area (Å²) in [4.78, 5) is 21.2. The molecule has 0 atom stereocenters. The number of rotatable bonds is 4. The number of benzene rings is 1. The summed E-state index contributed by atoms with van der Waals surface area (Å²) >= 11 is 3.42. The van der Waals surface area contributed by atoms with E-state index in [9.17, 15) is 4.79 Å². The summed E-state index contributed by atoms with van der Waals surface area (Å²) in [7, 11) is 2.13. The van der Waals surface area contributed by atoms with Crippen molar-refractivity contribution in [2.24, 2.45) is 0 Å². The average molecular weight is 389 g/mol. The van der Waals surface area contributed by atoms with Gasteiger partial charge in [0.05, 0.1) is 18.3 Å². The first-order chi connectivity index (χ1) is 11.6. The number of aromatic nitrogens is 1. The third-order valence-corrected chi connectivity index (χ3v) is 4.61. The molecule has 5 nitrogen and oxygen atoms in total. The first-order valence-corrected chi connectivity index (χ1v) is 8.83. The molecular weight excluding hydrogens is 368 g/mol. The van der Waals surface area contributed by atoms with Gasteiger partial charge in [0.1, 0.15) is 5.82 Å². The summed E-state index contributed by atoms with van der Waals surface area (Å²) in [6, 6.07) is 11.7. The molecule has 0 radical (unpaired) electrons. The maximum absolute atomic E-state index is 12.1. The van der Waals surface area contributed by atoms with Crippen LogP contribution in [0, 0.1) is 0 Å². The van der Waals surface area contributed by atoms with E-state index in [0.717, 1.165) is 47.7 Å². The Balaban J connectivity index is 1.56. The molecule has 1 fully saturated rings. The number of nitrogens with zero attached hydrogens (tertiary/aromatic N) is 3. The number of amides is 1. The molecule has 6 heteroatoms. The van der Waals surface area contributed by atoms with Gasteiger partial charge in [0, 0.05) is 30.7 Å². The van der Waals surface area contributed by atoms with Gasteiger partial charge in [0.25, 0.3) is 0 Å². The molecular formula is C18H21BrN4O. The number of pyridine rings is 1. The summed E-state index contributed by atoms with van der Waals surface area (Å²) in [5.74, 6) is 0.926. The molecule has 0 saturated carbocycles. The molecule has 3 rings (SSSR count). The van der Waals surface area contributed by atoms with Crippen LogP contribution in [-0.4, -0.2) is 49.0 Å². The summed E-state index contributed by atoms with van der Waals surface area (Å²) in [5.41, 5.74) is 1.71. The monoisotopic (exact) mass is 388 g/mol. The lowest BCUT2D eigenvalue weighted by Gasteiger charge is -2.33. The van der Waals surface area contributed by atoms with Crippen LogP contribution in [0.3, 0.4) is 0 Å². The predicted octanol–water partition coefficient (Wildman–Crippen LogP) is 2.78. The Hall–Kier alpha value is -1.92. The second-order valence-corrected chi connectivity index (χ2v) is 6.97. The van der Waals surface area contributed by atoms with Crippen LogP contribution in [-0.2, 0) is 11.2 Å². The van der Waals surface area contributed by atoms with Crippen LogP contribution >= 0.6 is 15.9 Å². The number of hydrogen-bond acceptors (Lipinski definition) is 4. The molecule has 1 N–H and O–H groups in total. The van der Waals surface area contributed by atoms with Crippen molar-refractivity contribution >= 4 is 33.3 Å². The minimum absolute atomic E-state index is 0.0396. The number of likely N-dealkylation sites (N-methyl/N-ethyl adjacent to an activating group) is 1. The molecule has 0 aliphatic carbocycles. The van der Waals surface area contributed by atoms with Gasteiger partial charge in [-0.2, -0.15) is 0 Å². The van der Waals surface area contributed by atoms with Crippen LogP contribution in [0.5, 0.6) is 0 Å². The summed E-state index contributed by atoms with van der Waals surface area (Å²) < 4.78 is 0.978. The normalized spacial score (nSPS) is 15.3. The van der Waals surface area contributed by atoms with Crippen LogP contribution in [0.2, 0.25) is 0 Å². The fourth-order valence-electron chi connectivity index (χ4n) is 2.72. The van der Waals surface area contributed by atoms with E-state index in [-0.39, 0.29) is 5.91 Å². The first kappa shape index (κ1) is 16.9. The SMILES string of the molecule is CN1CCN(c2ccc(NC(=O)Cc3cccc(Br)c3)cn2)CC1. The van der Waals surface area contributed by atoms with Gasteiger partial charge >= 0.3 is 0 Å². The molecule has 1 aliphatic rings. The molecule has 0 spiro atoms. The standard InChI is InChI=1S/C18H21BrN4O/c1-22-7-9-23(10-8-22)17-6-5-16(13-20-17)21-18(24)12-14-3-2-4-15(19)11-14/h2-6,11,13H,7-10,12H2,1H3,(H,21,24). The van der Waals surface area contributed by atoms with Gasteiger partial charge in [-0.1, -0.05) is 28.1 Å². The summed E-state index contributed by atoms with van der Waals surface area (Å²) in [6.07, 6.45) is 2.08. The zero-order chi connectivity index (χ0) is 16.9. The van der Waals surface area contributed by atoms with Crippen molar-refractivity contribution in [3.63, 3.8) is 0 Å². The van der Waals surface area contributed by atoms with Crippen LogP contribution < -0.4 is 10.2 Å². The van der Waals surface area contributed by atoms with Gasteiger partial charge in [0.15, 0.2) is 0 Å². The highest BCUT2D eigenvalue weighted by molar-refractivity contribution is 9.10. The van der Waals surface area contributed by atoms with E-state index in [1.54, 1.807) is 6.20 Å². The van der Waals surface area contributed by atoms with Gasteiger partial charge in [-0.25, -0.2) is 4.98 Å². The molecule has 1 aromatic carbocycles. The van der Waals surface area contributed by atoms with E-state index in [4.69, 9.17) is 0 Å². The maximum atomic E-state index is 12.1. The van der Waals surface area contributed by atoms with E-state index < -0.39 is 0 Å². The van der Waals surface area contributed by atoms with E-state index in [1.807, 2.05) is 36.4 Å². The Labute approximate surface area is 150 Å². The second kappa shape index (κ2) is 7.77. The Kier molecular flexibility index (Phi) is 5.48. The fraction of sp³-hybridized carbons (Fsp3) is 0.333. The maximum Gasteiger partial charge on any atom is 0.228 e. The number of carbonyl (C=O) groups excluding carboxylic acids is 1. The largest absolute Gasteiger partial charge is 0.354 e. The molecule has 126 valence electrons. The molecule has 2 heterocycles. The Morgan fingerprint density at radius 2 is 2.00 bits per heavy atom. The van der Waals surface area contributed by atoms with Crippen LogP contribution in [0.1, 0.15) is 5.56 Å². The lowest BCUT2D eigenvalue weighted by atomic mass is 10.1. The highest BCUT2D eigenvalue weighted by Crippen LogP contribution is 2.17. The van der Waals surface area contributed by atoms with Gasteiger partial charge < -0.3 is 15.1 Å². The van der Waals surface area contributed by atoms with E-state index in [0.29, 0.717) is 6.42 Å². The minimum atomic E-state index is -0.0396. The summed E-state index contributed by atoms with van der Waals surface area (Å²) in [6.45, 7) is 4.07. The Morgan fingerprint density at radius 1 is 1.21 bits per heavy atom. The number of piperazine rings is 1. The van der Waals surface area contributed by atoms with Crippen LogP contribution in [0.4, 0.5) is 11.5 Å². The van der Waals surface area contributed by atoms with Gasteiger partial charge in [-0.3, -0.25) is 4.79 Å². The molecule has 1 aromatic heterocycles. The zero-order valence-electron chi connectivity index (χ0n) is 13.7. The minimum Gasteiger partial charge on any atom is -0.354 e. The van der Waals surface area contributed by atoms with Gasteiger partial charge in [0.2, 0.25) is 5.91 Å². The van der Waals surface area contributed by atoms with Crippen molar-refractivity contribution in [1.82, 2.24) is 9.88 Å². The van der Waals surface area contributed by atoms with Crippen molar-refractivity contribution in [3.05, 3.63) is 52.6 Å². The van der Waals surface area contributed by atoms with Crippen molar-refractivity contribution in [2.45, 2.75) is 6.42 Å². The van der Waals surface area contributed by atoms with Gasteiger partial charge in [-0.05, 0) is 36.9 Å². The molecule has 1 saturated heterocycles. The van der Waals surface area contributed by atoms with Gasteiger partial charge in [-0.15, -0.1) is 0 Å². The highest BCUT2D eigenvalue weighted by atomic mass is 79.9. The van der Waals surface area contributed by atoms with Crippen molar-refractivity contribution in [1.29, 1.82) is 0 Å². The van der Waals surface area contributed by atoms with Crippen molar-refractivity contribution in [2.75, 3.05) is 43.4 Å². The lowest BCUT2D eigenvalue weighted by Crippen LogP contribution is -2.44. The highest BCUT2D eigenvalue weighted by Gasteiger charge is 2.15. The number of carbonyl (C=O) groups is 1. The summed E-state index contributed by atoms with van der Waals surface area (Å²) in [5, 5.41) is 2.90. The average Bonchev–Trinajstić information content (AvgIpc) is 2.56. The fourth-order valence-corrected chi connectivity index (χ4v) is 3.17. The smallest absolute Gasteiger partial charge is 0.228 e.